The highest BCUT2D eigenvalue weighted by Crippen LogP contribution is 2.60. The van der Waals surface area contributed by atoms with Gasteiger partial charge in [0, 0.05) is 24.9 Å². The second-order valence-corrected chi connectivity index (χ2v) is 12.1. The summed E-state index contributed by atoms with van der Waals surface area (Å²) in [7, 11) is 0. The number of carbonyl (C=O) groups is 1. The van der Waals surface area contributed by atoms with Gasteiger partial charge in [0.1, 0.15) is 11.6 Å². The van der Waals surface area contributed by atoms with Crippen LogP contribution in [-0.2, 0) is 17.8 Å². The molecule has 0 aliphatic heterocycles. The molecule has 0 spiro atoms. The minimum absolute atomic E-state index is 0.0790. The zero-order valence-corrected chi connectivity index (χ0v) is 22.5. The average molecular weight is 500 g/mol. The van der Waals surface area contributed by atoms with Gasteiger partial charge in [-0.1, -0.05) is 30.3 Å². The molecule has 0 atom stereocenters. The van der Waals surface area contributed by atoms with Crippen molar-refractivity contribution in [3.05, 3.63) is 59.4 Å². The molecule has 196 valence electrons. The molecule has 1 aromatic heterocycles. The van der Waals surface area contributed by atoms with E-state index >= 15 is 0 Å². The third kappa shape index (κ3) is 4.89. The highest BCUT2D eigenvalue weighted by Gasteiger charge is 2.54. The van der Waals surface area contributed by atoms with Gasteiger partial charge in [0.15, 0.2) is 0 Å². The molecule has 5 nitrogen and oxygen atoms in total. The number of nitrogens with one attached hydrogen (secondary N) is 1. The molecule has 4 aliphatic rings. The molecule has 3 aromatic rings. The lowest BCUT2D eigenvalue weighted by molar-refractivity contribution is -0.146. The first kappa shape index (κ1) is 24.5. The summed E-state index contributed by atoms with van der Waals surface area (Å²) in [4.78, 5) is 18.4. The lowest BCUT2D eigenvalue weighted by Gasteiger charge is -2.55. The van der Waals surface area contributed by atoms with Crippen LogP contribution < -0.4 is 10.1 Å². The Kier molecular flexibility index (Phi) is 6.73. The van der Waals surface area contributed by atoms with E-state index in [0.717, 1.165) is 86.5 Å². The SMILES string of the molecule is Cc1cccc(C)c1OCCCCn1c(CCNC(=O)C23CC4CC(CC(C4)C2)C3)nc2ccccc21. The van der Waals surface area contributed by atoms with Crippen molar-refractivity contribution < 1.29 is 9.53 Å². The largest absolute Gasteiger partial charge is 0.493 e. The van der Waals surface area contributed by atoms with Crippen LogP contribution in [0.25, 0.3) is 11.0 Å². The first-order valence-corrected chi connectivity index (χ1v) is 14.4. The smallest absolute Gasteiger partial charge is 0.226 e. The van der Waals surface area contributed by atoms with E-state index in [0.29, 0.717) is 12.5 Å². The third-order valence-corrected chi connectivity index (χ3v) is 9.32. The van der Waals surface area contributed by atoms with Crippen molar-refractivity contribution in [2.45, 2.75) is 78.2 Å². The molecule has 5 heteroatoms. The van der Waals surface area contributed by atoms with Crippen LogP contribution in [0.15, 0.2) is 42.5 Å². The van der Waals surface area contributed by atoms with Gasteiger partial charge in [-0.3, -0.25) is 4.79 Å². The molecule has 0 saturated heterocycles. The number of hydrogen-bond acceptors (Lipinski definition) is 3. The molecule has 37 heavy (non-hydrogen) atoms. The van der Waals surface area contributed by atoms with E-state index in [1.807, 2.05) is 0 Å². The summed E-state index contributed by atoms with van der Waals surface area (Å²) in [6.07, 6.45) is 10.2. The summed E-state index contributed by atoms with van der Waals surface area (Å²) < 4.78 is 8.48. The number of hydrogen-bond donors (Lipinski definition) is 1. The Bertz CT molecular complexity index is 1220. The van der Waals surface area contributed by atoms with Crippen LogP contribution in [0, 0.1) is 37.0 Å². The van der Waals surface area contributed by atoms with Gasteiger partial charge in [-0.25, -0.2) is 4.98 Å². The highest BCUT2D eigenvalue weighted by atomic mass is 16.5. The van der Waals surface area contributed by atoms with E-state index < -0.39 is 0 Å². The second kappa shape index (κ2) is 10.2. The Labute approximate surface area is 221 Å². The van der Waals surface area contributed by atoms with Gasteiger partial charge in [-0.15, -0.1) is 0 Å². The van der Waals surface area contributed by atoms with Gasteiger partial charge in [-0.2, -0.15) is 0 Å². The van der Waals surface area contributed by atoms with Crippen molar-refractivity contribution in [1.82, 2.24) is 14.9 Å². The highest BCUT2D eigenvalue weighted by molar-refractivity contribution is 5.83. The van der Waals surface area contributed by atoms with Gasteiger partial charge in [0.05, 0.1) is 17.6 Å². The molecule has 2 aromatic carbocycles. The normalized spacial score (nSPS) is 26.1. The van der Waals surface area contributed by atoms with Crippen LogP contribution in [0.2, 0.25) is 0 Å². The van der Waals surface area contributed by atoms with Gasteiger partial charge >= 0.3 is 0 Å². The topological polar surface area (TPSA) is 56.1 Å². The van der Waals surface area contributed by atoms with Gasteiger partial charge in [-0.05, 0) is 106 Å². The molecule has 1 N–H and O–H groups in total. The number of aromatic nitrogens is 2. The van der Waals surface area contributed by atoms with E-state index in [-0.39, 0.29) is 5.41 Å². The number of benzene rings is 2. The molecule has 4 aliphatic carbocycles. The summed E-state index contributed by atoms with van der Waals surface area (Å²) in [5.74, 6) is 4.78. The van der Waals surface area contributed by atoms with Crippen LogP contribution in [0.5, 0.6) is 5.75 Å². The van der Waals surface area contributed by atoms with Crippen molar-refractivity contribution in [2.75, 3.05) is 13.2 Å². The maximum absolute atomic E-state index is 13.4. The minimum Gasteiger partial charge on any atom is -0.493 e. The number of carbonyl (C=O) groups excluding carboxylic acids is 1. The molecular formula is C32H41N3O2. The van der Waals surface area contributed by atoms with Crippen molar-refractivity contribution in [3.8, 4) is 5.75 Å². The fourth-order valence-corrected chi connectivity index (χ4v) is 8.00. The number of para-hydroxylation sites is 3. The lowest BCUT2D eigenvalue weighted by Crippen LogP contribution is -2.53. The van der Waals surface area contributed by atoms with Crippen LogP contribution in [-0.4, -0.2) is 28.6 Å². The summed E-state index contributed by atoms with van der Waals surface area (Å²) in [6.45, 7) is 6.51. The molecule has 4 fully saturated rings. The number of amides is 1. The third-order valence-electron chi connectivity index (χ3n) is 9.32. The first-order valence-electron chi connectivity index (χ1n) is 14.4. The summed E-state index contributed by atoms with van der Waals surface area (Å²) in [5.41, 5.74) is 4.53. The summed E-state index contributed by atoms with van der Waals surface area (Å²) in [5, 5.41) is 3.35. The zero-order chi connectivity index (χ0) is 25.4. The first-order chi connectivity index (χ1) is 18.0. The van der Waals surface area contributed by atoms with E-state index in [1.165, 1.54) is 35.9 Å². The Balaban J connectivity index is 1.06. The maximum Gasteiger partial charge on any atom is 0.226 e. The number of fused-ring (bicyclic) bond motifs is 1. The molecule has 0 unspecified atom stereocenters. The van der Waals surface area contributed by atoms with Crippen LogP contribution in [0.3, 0.4) is 0 Å². The predicted octanol–water partition coefficient (Wildman–Crippen LogP) is 6.39. The molecule has 4 saturated carbocycles. The Morgan fingerprint density at radius 2 is 1.65 bits per heavy atom. The Morgan fingerprint density at radius 3 is 2.35 bits per heavy atom. The van der Waals surface area contributed by atoms with Gasteiger partial charge in [0.25, 0.3) is 0 Å². The van der Waals surface area contributed by atoms with Crippen LogP contribution in [0.4, 0.5) is 0 Å². The number of imidazole rings is 1. The number of rotatable bonds is 10. The van der Waals surface area contributed by atoms with Gasteiger partial charge < -0.3 is 14.6 Å². The molecule has 1 amide bonds. The number of unbranched alkanes of at least 4 members (excludes halogenated alkanes) is 1. The van der Waals surface area contributed by atoms with E-state index in [9.17, 15) is 4.79 Å². The summed E-state index contributed by atoms with van der Waals surface area (Å²) >= 11 is 0. The fraction of sp³-hybridized carbons (Fsp3) is 0.562. The molecule has 7 rings (SSSR count). The zero-order valence-electron chi connectivity index (χ0n) is 22.5. The number of aryl methyl sites for hydroxylation is 3. The minimum atomic E-state index is -0.0790. The maximum atomic E-state index is 13.4. The van der Waals surface area contributed by atoms with Gasteiger partial charge in [0.2, 0.25) is 5.91 Å². The van der Waals surface area contributed by atoms with Crippen molar-refractivity contribution >= 4 is 16.9 Å². The van der Waals surface area contributed by atoms with Crippen LogP contribution >= 0.6 is 0 Å². The molecule has 4 bridgehead atoms. The van der Waals surface area contributed by atoms with E-state index in [4.69, 9.17) is 9.72 Å². The standard InChI is InChI=1S/C32H41N3O2/c1-22-8-7-9-23(2)30(22)37-15-6-5-14-35-28-11-4-3-10-27(28)34-29(35)12-13-33-31(36)32-19-24-16-25(20-32)18-26(17-24)21-32/h3-4,7-11,24-26H,5-6,12-21H2,1-2H3,(H,33,36). The summed E-state index contributed by atoms with van der Waals surface area (Å²) in [6, 6.07) is 14.7. The molecular weight excluding hydrogens is 458 g/mol. The monoisotopic (exact) mass is 499 g/mol. The Morgan fingerprint density at radius 1 is 0.973 bits per heavy atom. The quantitative estimate of drug-likeness (QED) is 0.329. The predicted molar refractivity (Wildman–Crippen MR) is 148 cm³/mol. The van der Waals surface area contributed by atoms with Crippen molar-refractivity contribution in [3.63, 3.8) is 0 Å². The molecule has 0 radical (unpaired) electrons. The van der Waals surface area contributed by atoms with Crippen LogP contribution in [0.1, 0.15) is 68.3 Å². The average Bonchev–Trinajstić information content (AvgIpc) is 3.22. The van der Waals surface area contributed by atoms with Crippen molar-refractivity contribution in [2.24, 2.45) is 23.2 Å². The second-order valence-electron chi connectivity index (χ2n) is 12.1. The lowest BCUT2D eigenvalue weighted by atomic mass is 9.49. The Hall–Kier alpha value is -2.82. The van der Waals surface area contributed by atoms with Crippen molar-refractivity contribution in [1.29, 1.82) is 0 Å². The number of nitrogens with zero attached hydrogens (tertiary/aromatic N) is 2. The fourth-order valence-electron chi connectivity index (χ4n) is 8.00. The van der Waals surface area contributed by atoms with E-state index in [1.54, 1.807) is 0 Å². The molecule has 1 heterocycles. The number of ether oxygens (including phenoxy) is 1. The van der Waals surface area contributed by atoms with E-state index in [2.05, 4.69) is 66.2 Å².